The number of sulfonamides is 1. The van der Waals surface area contributed by atoms with Gasteiger partial charge in [0.25, 0.3) is 0 Å². The molecule has 3 heterocycles. The fourth-order valence-corrected chi connectivity index (χ4v) is 8.27. The molecule has 1 aliphatic heterocycles. The third-order valence-electron chi connectivity index (χ3n) is 4.79. The number of hydrogen-bond donors (Lipinski definition) is 1. The van der Waals surface area contributed by atoms with Crippen LogP contribution in [-0.2, 0) is 21.4 Å². The van der Waals surface area contributed by atoms with E-state index < -0.39 is 16.1 Å². The second kappa shape index (κ2) is 8.80. The number of aryl methyl sites for hydroxylation is 2. The van der Waals surface area contributed by atoms with Crippen LogP contribution in [0.2, 0.25) is 0 Å². The highest BCUT2D eigenvalue weighted by Gasteiger charge is 2.40. The van der Waals surface area contributed by atoms with Gasteiger partial charge in [-0.25, -0.2) is 13.4 Å². The number of rotatable bonds is 6. The Balaban J connectivity index is 1.46. The van der Waals surface area contributed by atoms with Crippen LogP contribution in [0, 0.1) is 13.8 Å². The normalized spacial score (nSPS) is 17.3. The first-order chi connectivity index (χ1) is 14.4. The maximum atomic E-state index is 13.2. The molecule has 1 atom stereocenters. The molecule has 1 saturated heterocycles. The Hall–Kier alpha value is -1.72. The summed E-state index contributed by atoms with van der Waals surface area (Å²) in [4.78, 5) is 18.7. The van der Waals surface area contributed by atoms with Crippen molar-refractivity contribution in [3.63, 3.8) is 0 Å². The molecule has 158 valence electrons. The first-order valence-corrected chi connectivity index (χ1v) is 13.6. The number of benzene rings is 1. The highest BCUT2D eigenvalue weighted by molar-refractivity contribution is 8.00. The second-order valence-electron chi connectivity index (χ2n) is 7.02. The predicted molar refractivity (Wildman–Crippen MR) is 123 cm³/mol. The number of carbonyl (C=O) groups excluding carboxylic acids is 1. The molecule has 0 aliphatic carbocycles. The summed E-state index contributed by atoms with van der Waals surface area (Å²) >= 11 is 4.60. The number of hydrogen-bond acceptors (Lipinski definition) is 7. The minimum Gasteiger partial charge on any atom is -0.349 e. The second-order valence-corrected chi connectivity index (χ2v) is 11.7. The van der Waals surface area contributed by atoms with Crippen molar-refractivity contribution in [1.82, 2.24) is 14.6 Å². The molecule has 1 aliphatic rings. The first kappa shape index (κ1) is 21.5. The fourth-order valence-electron chi connectivity index (χ4n) is 3.28. The third-order valence-corrected chi connectivity index (χ3v) is 9.91. The zero-order chi connectivity index (χ0) is 21.3. The Bertz CT molecular complexity index is 1160. The SMILES string of the molecule is Cc1ccc(S(=O)(=O)N2CSCC2C(=O)NCc2csc(-c3cccs3)n2)c(C)c1. The number of thiophene rings is 1. The number of thioether (sulfide) groups is 1. The van der Waals surface area contributed by atoms with E-state index in [1.54, 1.807) is 30.4 Å². The van der Waals surface area contributed by atoms with E-state index in [1.807, 2.05) is 35.9 Å². The summed E-state index contributed by atoms with van der Waals surface area (Å²) in [6, 6.07) is 8.52. The highest BCUT2D eigenvalue weighted by atomic mass is 32.2. The highest BCUT2D eigenvalue weighted by Crippen LogP contribution is 2.31. The minimum absolute atomic E-state index is 0.258. The van der Waals surface area contributed by atoms with Gasteiger partial charge in [-0.05, 0) is 36.9 Å². The summed E-state index contributed by atoms with van der Waals surface area (Å²) in [6.45, 7) is 3.98. The number of thiazole rings is 1. The predicted octanol–water partition coefficient (Wildman–Crippen LogP) is 3.87. The lowest BCUT2D eigenvalue weighted by Crippen LogP contribution is -2.47. The zero-order valence-electron chi connectivity index (χ0n) is 16.5. The third kappa shape index (κ3) is 4.33. The summed E-state index contributed by atoms with van der Waals surface area (Å²) < 4.78 is 27.7. The van der Waals surface area contributed by atoms with Crippen molar-refractivity contribution < 1.29 is 13.2 Å². The zero-order valence-corrected chi connectivity index (χ0v) is 19.8. The maximum Gasteiger partial charge on any atom is 0.244 e. The molecule has 0 saturated carbocycles. The average molecular weight is 480 g/mol. The average Bonchev–Trinajstić information content (AvgIpc) is 3.47. The van der Waals surface area contributed by atoms with Gasteiger partial charge in [0.15, 0.2) is 0 Å². The summed E-state index contributed by atoms with van der Waals surface area (Å²) in [5, 5.41) is 7.71. The molecular formula is C20H21N3O3S4. The van der Waals surface area contributed by atoms with Crippen LogP contribution in [0.1, 0.15) is 16.8 Å². The van der Waals surface area contributed by atoms with Gasteiger partial charge in [0.2, 0.25) is 15.9 Å². The number of nitrogens with zero attached hydrogens (tertiary/aromatic N) is 2. The van der Waals surface area contributed by atoms with Crippen molar-refractivity contribution in [2.75, 3.05) is 11.6 Å². The van der Waals surface area contributed by atoms with Gasteiger partial charge in [-0.3, -0.25) is 4.79 Å². The molecule has 6 nitrogen and oxygen atoms in total. The fraction of sp³-hybridized carbons (Fsp3) is 0.300. The van der Waals surface area contributed by atoms with Crippen molar-refractivity contribution in [2.45, 2.75) is 31.3 Å². The molecule has 1 unspecified atom stereocenters. The van der Waals surface area contributed by atoms with Gasteiger partial charge in [-0.1, -0.05) is 23.8 Å². The van der Waals surface area contributed by atoms with Gasteiger partial charge in [-0.15, -0.1) is 34.4 Å². The van der Waals surface area contributed by atoms with Crippen LogP contribution in [0.25, 0.3) is 9.88 Å². The number of aromatic nitrogens is 1. The van der Waals surface area contributed by atoms with E-state index in [-0.39, 0.29) is 23.2 Å². The van der Waals surface area contributed by atoms with E-state index in [2.05, 4.69) is 10.3 Å². The monoisotopic (exact) mass is 479 g/mol. The summed E-state index contributed by atoms with van der Waals surface area (Å²) in [5.74, 6) is 0.416. The van der Waals surface area contributed by atoms with Crippen LogP contribution >= 0.6 is 34.4 Å². The Morgan fingerprint density at radius 2 is 2.10 bits per heavy atom. The smallest absolute Gasteiger partial charge is 0.244 e. The van der Waals surface area contributed by atoms with Crippen LogP contribution in [-0.4, -0.2) is 41.3 Å². The standard InChI is InChI=1S/C20H21N3O3S4/c1-13-5-6-18(14(2)8-13)30(25,26)23-12-27-11-16(23)19(24)21-9-15-10-29-20(22-15)17-4-3-7-28-17/h3-8,10,16H,9,11-12H2,1-2H3,(H,21,24). The van der Waals surface area contributed by atoms with Crippen molar-refractivity contribution in [3.8, 4) is 9.88 Å². The number of nitrogens with one attached hydrogen (secondary N) is 1. The largest absolute Gasteiger partial charge is 0.349 e. The van der Waals surface area contributed by atoms with E-state index in [9.17, 15) is 13.2 Å². The molecule has 10 heteroatoms. The number of carbonyl (C=O) groups is 1. The topological polar surface area (TPSA) is 79.4 Å². The quantitative estimate of drug-likeness (QED) is 0.581. The summed E-state index contributed by atoms with van der Waals surface area (Å²) in [7, 11) is -3.75. The molecule has 1 fully saturated rings. The Morgan fingerprint density at radius 1 is 1.27 bits per heavy atom. The van der Waals surface area contributed by atoms with Crippen molar-refractivity contribution in [3.05, 3.63) is 57.9 Å². The van der Waals surface area contributed by atoms with Gasteiger partial charge in [0, 0.05) is 11.1 Å². The van der Waals surface area contributed by atoms with Gasteiger partial charge >= 0.3 is 0 Å². The first-order valence-electron chi connectivity index (χ1n) is 9.29. The van der Waals surface area contributed by atoms with E-state index in [4.69, 9.17) is 0 Å². The molecular weight excluding hydrogens is 459 g/mol. The minimum atomic E-state index is -3.75. The lowest BCUT2D eigenvalue weighted by molar-refractivity contribution is -0.124. The van der Waals surface area contributed by atoms with Crippen LogP contribution in [0.5, 0.6) is 0 Å². The lowest BCUT2D eigenvalue weighted by Gasteiger charge is -2.23. The van der Waals surface area contributed by atoms with Crippen molar-refractivity contribution in [1.29, 1.82) is 0 Å². The van der Waals surface area contributed by atoms with Crippen LogP contribution in [0.15, 0.2) is 46.0 Å². The van der Waals surface area contributed by atoms with Gasteiger partial charge in [0.05, 0.1) is 27.9 Å². The van der Waals surface area contributed by atoms with Gasteiger partial charge in [-0.2, -0.15) is 4.31 Å². The molecule has 2 aromatic heterocycles. The Labute approximate surface area is 188 Å². The van der Waals surface area contributed by atoms with Crippen LogP contribution in [0.4, 0.5) is 0 Å². The number of amides is 1. The summed E-state index contributed by atoms with van der Waals surface area (Å²) in [6.07, 6.45) is 0. The molecule has 0 spiro atoms. The maximum absolute atomic E-state index is 13.2. The van der Waals surface area contributed by atoms with E-state index >= 15 is 0 Å². The molecule has 0 bridgehead atoms. The molecule has 1 amide bonds. The van der Waals surface area contributed by atoms with Gasteiger partial charge < -0.3 is 5.32 Å². The molecule has 0 radical (unpaired) electrons. The van der Waals surface area contributed by atoms with Crippen molar-refractivity contribution in [2.24, 2.45) is 0 Å². The lowest BCUT2D eigenvalue weighted by atomic mass is 10.2. The molecule has 1 aromatic carbocycles. The Kier molecular flexibility index (Phi) is 6.31. The molecule has 4 rings (SSSR count). The molecule has 1 N–H and O–H groups in total. The molecule has 30 heavy (non-hydrogen) atoms. The Morgan fingerprint density at radius 3 is 2.83 bits per heavy atom. The van der Waals surface area contributed by atoms with E-state index in [0.717, 1.165) is 21.1 Å². The van der Waals surface area contributed by atoms with Crippen molar-refractivity contribution >= 4 is 50.4 Å². The van der Waals surface area contributed by atoms with Crippen LogP contribution in [0.3, 0.4) is 0 Å². The van der Waals surface area contributed by atoms with E-state index in [1.165, 1.54) is 27.4 Å². The van der Waals surface area contributed by atoms with Gasteiger partial charge in [0.1, 0.15) is 11.0 Å². The summed E-state index contributed by atoms with van der Waals surface area (Å²) in [5.41, 5.74) is 2.46. The van der Waals surface area contributed by atoms with Crippen LogP contribution < -0.4 is 5.32 Å². The molecule has 3 aromatic rings. The van der Waals surface area contributed by atoms with E-state index in [0.29, 0.717) is 11.3 Å².